The third-order valence-corrected chi connectivity index (χ3v) is 3.97. The predicted molar refractivity (Wildman–Crippen MR) is 58.6 cm³/mol. The number of thiazole rings is 1. The normalized spacial score (nSPS) is 20.0. The Hall–Kier alpha value is -0.490. The fraction of sp³-hybridized carbons (Fsp3) is 0.700. The lowest BCUT2D eigenvalue weighted by Crippen LogP contribution is -2.40. The topological polar surface area (TPSA) is 56.6 Å². The molecule has 2 rings (SSSR count). The van der Waals surface area contributed by atoms with Crippen LogP contribution in [0.25, 0.3) is 0 Å². The van der Waals surface area contributed by atoms with Crippen LogP contribution in [0.5, 0.6) is 0 Å². The van der Waals surface area contributed by atoms with Gasteiger partial charge in [-0.1, -0.05) is 0 Å². The Morgan fingerprint density at radius 1 is 1.47 bits per heavy atom. The Kier molecular flexibility index (Phi) is 3.35. The molecule has 1 aromatic rings. The van der Waals surface area contributed by atoms with Gasteiger partial charge in [0.15, 0.2) is 0 Å². The highest BCUT2D eigenvalue weighted by Crippen LogP contribution is 2.30. The lowest BCUT2D eigenvalue weighted by Gasteiger charge is -2.31. The zero-order valence-electron chi connectivity index (χ0n) is 8.76. The molecular formula is C10H16N2O2S. The molecule has 15 heavy (non-hydrogen) atoms. The average molecular weight is 228 g/mol. The molecule has 0 bridgehead atoms. The van der Waals surface area contributed by atoms with Crippen LogP contribution in [0.2, 0.25) is 0 Å². The van der Waals surface area contributed by atoms with Crippen molar-refractivity contribution >= 4 is 11.3 Å². The molecule has 4 nitrogen and oxygen atoms in total. The van der Waals surface area contributed by atoms with Crippen molar-refractivity contribution < 1.29 is 10.2 Å². The predicted octanol–water partition coefficient (Wildman–Crippen LogP) is 0.899. The Morgan fingerprint density at radius 3 is 2.60 bits per heavy atom. The zero-order chi connectivity index (χ0) is 10.8. The second-order valence-electron chi connectivity index (χ2n) is 3.98. The molecule has 1 aliphatic heterocycles. The number of aliphatic hydroxyl groups excluding tert-OH is 1. The van der Waals surface area contributed by atoms with Gasteiger partial charge in [-0.2, -0.15) is 0 Å². The Morgan fingerprint density at radius 2 is 2.13 bits per heavy atom. The molecule has 84 valence electrons. The first-order valence-corrected chi connectivity index (χ1v) is 6.07. The first kappa shape index (κ1) is 11.0. The van der Waals surface area contributed by atoms with Gasteiger partial charge in [-0.05, 0) is 19.8 Å². The van der Waals surface area contributed by atoms with E-state index in [9.17, 15) is 0 Å². The Balaban J connectivity index is 1.93. The van der Waals surface area contributed by atoms with Gasteiger partial charge >= 0.3 is 0 Å². The van der Waals surface area contributed by atoms with Crippen molar-refractivity contribution in [2.45, 2.75) is 32.1 Å². The molecule has 0 atom stereocenters. The van der Waals surface area contributed by atoms with Crippen molar-refractivity contribution in [1.29, 1.82) is 0 Å². The smallest absolute Gasteiger partial charge is 0.213 e. The zero-order valence-corrected chi connectivity index (χ0v) is 9.57. The van der Waals surface area contributed by atoms with Crippen LogP contribution in [0.4, 0.5) is 0 Å². The van der Waals surface area contributed by atoms with Crippen LogP contribution in [0, 0.1) is 6.92 Å². The summed E-state index contributed by atoms with van der Waals surface area (Å²) in [5.41, 5.74) is 1.08. The summed E-state index contributed by atoms with van der Waals surface area (Å²) in [4.78, 5) is 6.16. The van der Waals surface area contributed by atoms with Gasteiger partial charge in [0, 0.05) is 30.1 Å². The molecule has 1 saturated heterocycles. The third-order valence-electron chi connectivity index (χ3n) is 2.84. The van der Waals surface area contributed by atoms with E-state index in [0.29, 0.717) is 5.92 Å². The first-order valence-electron chi connectivity index (χ1n) is 5.19. The monoisotopic (exact) mass is 228 g/mol. The summed E-state index contributed by atoms with van der Waals surface area (Å²) in [5, 5.41) is 21.3. The van der Waals surface area contributed by atoms with Crippen molar-refractivity contribution in [3.05, 3.63) is 16.1 Å². The van der Waals surface area contributed by atoms with Gasteiger partial charge in [0.25, 0.3) is 0 Å². The fourth-order valence-corrected chi connectivity index (χ4v) is 2.91. The maximum atomic E-state index is 9.01. The van der Waals surface area contributed by atoms with Crippen LogP contribution in [0.3, 0.4) is 0 Å². The summed E-state index contributed by atoms with van der Waals surface area (Å²) in [6, 6.07) is 0. The molecular weight excluding hydrogens is 212 g/mol. The molecule has 0 amide bonds. The van der Waals surface area contributed by atoms with Gasteiger partial charge in [-0.25, -0.2) is 4.98 Å². The number of aliphatic hydroxyl groups is 2. The average Bonchev–Trinajstić information content (AvgIpc) is 2.65. The highest BCUT2D eigenvalue weighted by atomic mass is 32.1. The van der Waals surface area contributed by atoms with Gasteiger partial charge in [0.05, 0.1) is 5.01 Å². The minimum absolute atomic E-state index is 0.499. The van der Waals surface area contributed by atoms with E-state index < -0.39 is 6.41 Å². The van der Waals surface area contributed by atoms with E-state index in [1.165, 1.54) is 5.01 Å². The van der Waals surface area contributed by atoms with Crippen LogP contribution in [0.1, 0.15) is 29.5 Å². The molecule has 2 N–H and O–H groups in total. The van der Waals surface area contributed by atoms with Crippen molar-refractivity contribution in [3.63, 3.8) is 0 Å². The number of hydrogen-bond donors (Lipinski definition) is 2. The van der Waals surface area contributed by atoms with Crippen LogP contribution in [-0.2, 0) is 0 Å². The summed E-state index contributed by atoms with van der Waals surface area (Å²) in [7, 11) is 0. The van der Waals surface area contributed by atoms with Crippen molar-refractivity contribution in [2.75, 3.05) is 13.1 Å². The molecule has 0 aromatic carbocycles. The highest BCUT2D eigenvalue weighted by molar-refractivity contribution is 7.09. The van der Waals surface area contributed by atoms with Gasteiger partial charge < -0.3 is 10.2 Å². The minimum atomic E-state index is -1.30. The van der Waals surface area contributed by atoms with Crippen molar-refractivity contribution in [1.82, 2.24) is 9.88 Å². The van der Waals surface area contributed by atoms with E-state index in [2.05, 4.69) is 10.4 Å². The Labute approximate surface area is 93.2 Å². The number of aromatic nitrogens is 1. The lowest BCUT2D eigenvalue weighted by atomic mass is 9.98. The number of aryl methyl sites for hydroxylation is 1. The van der Waals surface area contributed by atoms with Crippen molar-refractivity contribution in [2.24, 2.45) is 0 Å². The molecule has 0 aliphatic carbocycles. The minimum Gasteiger partial charge on any atom is -0.356 e. The first-order chi connectivity index (χ1) is 7.16. The molecule has 0 radical (unpaired) electrons. The lowest BCUT2D eigenvalue weighted by molar-refractivity contribution is -0.161. The summed E-state index contributed by atoms with van der Waals surface area (Å²) >= 11 is 1.71. The van der Waals surface area contributed by atoms with Crippen LogP contribution in [0.15, 0.2) is 5.38 Å². The fourth-order valence-electron chi connectivity index (χ4n) is 1.94. The van der Waals surface area contributed by atoms with E-state index in [1.54, 1.807) is 16.2 Å². The number of rotatable bonds is 2. The number of piperidine rings is 1. The highest BCUT2D eigenvalue weighted by Gasteiger charge is 2.25. The van der Waals surface area contributed by atoms with E-state index in [0.717, 1.165) is 31.6 Å². The van der Waals surface area contributed by atoms with Gasteiger partial charge in [-0.15, -0.1) is 11.3 Å². The Bertz CT molecular complexity index is 319. The van der Waals surface area contributed by atoms with E-state index in [-0.39, 0.29) is 0 Å². The second-order valence-corrected chi connectivity index (χ2v) is 4.87. The summed E-state index contributed by atoms with van der Waals surface area (Å²) in [6.45, 7) is 3.48. The third kappa shape index (κ3) is 2.55. The number of nitrogens with zero attached hydrogens (tertiary/aromatic N) is 2. The van der Waals surface area contributed by atoms with Crippen LogP contribution >= 0.6 is 11.3 Å². The standard InChI is InChI=1S/C10H16N2O2S/c1-7-6-15-9(11-7)8-2-4-12(5-3-8)10(13)14/h6,8,10,13-14H,2-5H2,1H3. The van der Waals surface area contributed by atoms with Gasteiger partial charge in [-0.3, -0.25) is 4.90 Å². The van der Waals surface area contributed by atoms with Crippen LogP contribution in [-0.4, -0.2) is 39.6 Å². The molecule has 0 saturated carbocycles. The summed E-state index contributed by atoms with van der Waals surface area (Å²) in [6.07, 6.45) is 0.624. The molecule has 1 fully saturated rings. The summed E-state index contributed by atoms with van der Waals surface area (Å²) in [5.74, 6) is 0.499. The van der Waals surface area contributed by atoms with Crippen LogP contribution < -0.4 is 0 Å². The molecule has 2 heterocycles. The molecule has 1 aliphatic rings. The van der Waals surface area contributed by atoms with E-state index in [1.807, 2.05) is 6.92 Å². The number of likely N-dealkylation sites (tertiary alicyclic amines) is 1. The van der Waals surface area contributed by atoms with Gasteiger partial charge in [0.2, 0.25) is 6.41 Å². The molecule has 0 unspecified atom stereocenters. The second kappa shape index (κ2) is 4.57. The van der Waals surface area contributed by atoms with E-state index in [4.69, 9.17) is 10.2 Å². The largest absolute Gasteiger partial charge is 0.356 e. The molecule has 5 heteroatoms. The maximum absolute atomic E-state index is 9.01. The molecule has 0 spiro atoms. The maximum Gasteiger partial charge on any atom is 0.213 e. The quantitative estimate of drug-likeness (QED) is 0.738. The summed E-state index contributed by atoms with van der Waals surface area (Å²) < 4.78 is 0. The van der Waals surface area contributed by atoms with Gasteiger partial charge in [0.1, 0.15) is 0 Å². The number of hydrogen-bond acceptors (Lipinski definition) is 5. The van der Waals surface area contributed by atoms with E-state index >= 15 is 0 Å². The SMILES string of the molecule is Cc1csc(C2CCN(C(O)O)CC2)n1. The van der Waals surface area contributed by atoms with Crippen molar-refractivity contribution in [3.8, 4) is 0 Å². The molecule has 1 aromatic heterocycles.